The largest absolute Gasteiger partial charge is 0.396 e. The van der Waals surface area contributed by atoms with Gasteiger partial charge in [-0.1, -0.05) is 51.3 Å². The molecule has 0 spiro atoms. The molecule has 0 saturated heterocycles. The van der Waals surface area contributed by atoms with Gasteiger partial charge in [0.05, 0.1) is 10.0 Å². The lowest BCUT2D eigenvalue weighted by molar-refractivity contribution is 0.199. The summed E-state index contributed by atoms with van der Waals surface area (Å²) in [6.45, 7) is 0.815. The molecule has 0 aliphatic rings. The van der Waals surface area contributed by atoms with E-state index in [0.717, 1.165) is 10.0 Å². The van der Waals surface area contributed by atoms with Crippen molar-refractivity contribution in [2.45, 2.75) is 13.0 Å². The zero-order valence-corrected chi connectivity index (χ0v) is 15.9. The maximum absolute atomic E-state index is 12.5. The Balaban J connectivity index is 2.11. The van der Waals surface area contributed by atoms with E-state index in [-0.39, 0.29) is 12.6 Å². The number of anilines is 1. The zero-order chi connectivity index (χ0) is 17.5. The Kier molecular flexibility index (Phi) is 7.37. The minimum atomic E-state index is -0.243. The molecule has 0 bridgehead atoms. The molecule has 0 aromatic heterocycles. The van der Waals surface area contributed by atoms with Gasteiger partial charge < -0.3 is 15.3 Å². The number of nitrogens with one attached hydrogen (secondary N) is 1. The van der Waals surface area contributed by atoms with Crippen molar-refractivity contribution in [2.24, 2.45) is 0 Å². The zero-order valence-electron chi connectivity index (χ0n) is 12.8. The number of benzene rings is 2. The van der Waals surface area contributed by atoms with Crippen molar-refractivity contribution in [3.8, 4) is 0 Å². The minimum Gasteiger partial charge on any atom is -0.396 e. The van der Waals surface area contributed by atoms with Crippen LogP contribution in [0.15, 0.2) is 46.9 Å². The lowest BCUT2D eigenvalue weighted by atomic mass is 10.2. The van der Waals surface area contributed by atoms with Crippen LogP contribution in [0.1, 0.15) is 12.0 Å². The molecular weight excluding hydrogens is 415 g/mol. The Morgan fingerprint density at radius 2 is 1.96 bits per heavy atom. The highest BCUT2D eigenvalue weighted by molar-refractivity contribution is 9.10. The molecule has 2 aromatic carbocycles. The van der Waals surface area contributed by atoms with Crippen molar-refractivity contribution in [2.75, 3.05) is 18.5 Å². The topological polar surface area (TPSA) is 52.6 Å². The van der Waals surface area contributed by atoms with Gasteiger partial charge in [0.1, 0.15) is 0 Å². The molecule has 2 amide bonds. The van der Waals surface area contributed by atoms with Crippen molar-refractivity contribution in [3.63, 3.8) is 0 Å². The van der Waals surface area contributed by atoms with E-state index < -0.39 is 0 Å². The van der Waals surface area contributed by atoms with Gasteiger partial charge in [-0.3, -0.25) is 0 Å². The number of hydrogen-bond acceptors (Lipinski definition) is 2. The molecule has 0 atom stereocenters. The summed E-state index contributed by atoms with van der Waals surface area (Å²) in [5.41, 5.74) is 1.56. The third-order valence-corrected chi connectivity index (χ3v) is 4.54. The Morgan fingerprint density at radius 3 is 2.62 bits per heavy atom. The first kappa shape index (κ1) is 19.1. The number of carbonyl (C=O) groups excluding carboxylic acids is 1. The van der Waals surface area contributed by atoms with Crippen molar-refractivity contribution in [1.82, 2.24) is 4.90 Å². The summed E-state index contributed by atoms with van der Waals surface area (Å²) in [7, 11) is 0. The van der Waals surface area contributed by atoms with E-state index >= 15 is 0 Å². The Morgan fingerprint density at radius 1 is 1.17 bits per heavy atom. The fourth-order valence-corrected chi connectivity index (χ4v) is 2.86. The first-order chi connectivity index (χ1) is 11.5. The van der Waals surface area contributed by atoms with Gasteiger partial charge in [-0.2, -0.15) is 0 Å². The first-order valence-electron chi connectivity index (χ1n) is 7.36. The second-order valence-electron chi connectivity index (χ2n) is 5.19. The molecule has 24 heavy (non-hydrogen) atoms. The normalized spacial score (nSPS) is 10.5. The summed E-state index contributed by atoms with van der Waals surface area (Å²) in [4.78, 5) is 14.2. The Bertz CT molecular complexity index is 713. The standard InChI is InChI=1S/C17H17BrCl2N2O2/c18-13-3-1-4-14(10-13)21-17(24)22(7-2-8-23)11-12-5-6-15(19)16(20)9-12/h1,3-6,9-10,23H,2,7-8,11H2,(H,21,24). The van der Waals surface area contributed by atoms with E-state index in [0.29, 0.717) is 35.2 Å². The summed E-state index contributed by atoms with van der Waals surface area (Å²) in [5.74, 6) is 0. The molecule has 4 nitrogen and oxygen atoms in total. The fourth-order valence-electron chi connectivity index (χ4n) is 2.14. The van der Waals surface area contributed by atoms with Gasteiger partial charge in [-0.05, 0) is 42.3 Å². The van der Waals surface area contributed by atoms with Crippen LogP contribution in [0.3, 0.4) is 0 Å². The van der Waals surface area contributed by atoms with Gasteiger partial charge >= 0.3 is 6.03 Å². The molecule has 0 unspecified atom stereocenters. The summed E-state index contributed by atoms with van der Waals surface area (Å²) in [5, 5.41) is 12.8. The number of aliphatic hydroxyl groups is 1. The monoisotopic (exact) mass is 430 g/mol. The number of rotatable bonds is 6. The molecule has 7 heteroatoms. The molecule has 0 saturated carbocycles. The molecule has 0 fully saturated rings. The van der Waals surface area contributed by atoms with Crippen LogP contribution >= 0.6 is 39.1 Å². The third kappa shape index (κ3) is 5.67. The maximum Gasteiger partial charge on any atom is 0.322 e. The second-order valence-corrected chi connectivity index (χ2v) is 6.92. The Labute approximate surface area is 159 Å². The van der Waals surface area contributed by atoms with E-state index in [2.05, 4.69) is 21.2 Å². The second kappa shape index (κ2) is 9.28. The molecular formula is C17H17BrCl2N2O2. The first-order valence-corrected chi connectivity index (χ1v) is 8.91. The van der Waals surface area contributed by atoms with Crippen LogP contribution in [0.4, 0.5) is 10.5 Å². The van der Waals surface area contributed by atoms with Crippen molar-refractivity contribution < 1.29 is 9.90 Å². The molecule has 0 aliphatic carbocycles. The highest BCUT2D eigenvalue weighted by atomic mass is 79.9. The van der Waals surface area contributed by atoms with Crippen molar-refractivity contribution >= 4 is 50.9 Å². The summed E-state index contributed by atoms with van der Waals surface area (Å²) in [6.07, 6.45) is 0.493. The van der Waals surface area contributed by atoms with Crippen LogP contribution in [-0.2, 0) is 6.54 Å². The van der Waals surface area contributed by atoms with Gasteiger partial charge in [0, 0.05) is 29.9 Å². The van der Waals surface area contributed by atoms with E-state index in [1.165, 1.54) is 0 Å². The van der Waals surface area contributed by atoms with E-state index in [9.17, 15) is 4.79 Å². The summed E-state index contributed by atoms with van der Waals surface area (Å²) < 4.78 is 0.881. The molecule has 2 N–H and O–H groups in total. The SMILES string of the molecule is O=C(Nc1cccc(Br)c1)N(CCCO)Cc1ccc(Cl)c(Cl)c1. The third-order valence-electron chi connectivity index (χ3n) is 3.31. The number of amides is 2. The van der Waals surface area contributed by atoms with E-state index in [1.807, 2.05) is 30.3 Å². The Hall–Kier alpha value is -1.27. The van der Waals surface area contributed by atoms with Gasteiger partial charge in [-0.15, -0.1) is 0 Å². The average molecular weight is 432 g/mol. The van der Waals surface area contributed by atoms with Gasteiger partial charge in [0.15, 0.2) is 0 Å². The summed E-state index contributed by atoms with van der Waals surface area (Å²) >= 11 is 15.3. The minimum absolute atomic E-state index is 0.0159. The fraction of sp³-hybridized carbons (Fsp3) is 0.235. The maximum atomic E-state index is 12.5. The van der Waals surface area contributed by atoms with E-state index in [4.69, 9.17) is 28.3 Å². The molecule has 128 valence electrons. The van der Waals surface area contributed by atoms with Crippen molar-refractivity contribution in [1.29, 1.82) is 0 Å². The van der Waals surface area contributed by atoms with Crippen molar-refractivity contribution in [3.05, 3.63) is 62.5 Å². The molecule has 2 aromatic rings. The van der Waals surface area contributed by atoms with Crippen LogP contribution in [-0.4, -0.2) is 29.2 Å². The van der Waals surface area contributed by atoms with Crippen LogP contribution in [0.25, 0.3) is 0 Å². The molecule has 0 heterocycles. The number of urea groups is 1. The quantitative estimate of drug-likeness (QED) is 0.662. The van der Waals surface area contributed by atoms with Crippen LogP contribution < -0.4 is 5.32 Å². The van der Waals surface area contributed by atoms with Crippen LogP contribution in [0.5, 0.6) is 0 Å². The molecule has 0 aliphatic heterocycles. The van der Waals surface area contributed by atoms with Crippen LogP contribution in [0, 0.1) is 0 Å². The number of hydrogen-bond donors (Lipinski definition) is 2. The average Bonchev–Trinajstić information content (AvgIpc) is 2.54. The lowest BCUT2D eigenvalue weighted by Gasteiger charge is -2.23. The molecule has 0 radical (unpaired) electrons. The number of aliphatic hydroxyl groups excluding tert-OH is 1. The highest BCUT2D eigenvalue weighted by Crippen LogP contribution is 2.23. The van der Waals surface area contributed by atoms with E-state index in [1.54, 1.807) is 17.0 Å². The number of halogens is 3. The van der Waals surface area contributed by atoms with Crippen LogP contribution in [0.2, 0.25) is 10.0 Å². The lowest BCUT2D eigenvalue weighted by Crippen LogP contribution is -2.35. The predicted octanol–water partition coefficient (Wildman–Crippen LogP) is 5.17. The van der Waals surface area contributed by atoms with Gasteiger partial charge in [-0.25, -0.2) is 4.79 Å². The highest BCUT2D eigenvalue weighted by Gasteiger charge is 2.14. The number of carbonyl (C=O) groups is 1. The van der Waals surface area contributed by atoms with Gasteiger partial charge in [0.2, 0.25) is 0 Å². The summed E-state index contributed by atoms with van der Waals surface area (Å²) in [6, 6.07) is 12.4. The predicted molar refractivity (Wildman–Crippen MR) is 102 cm³/mol. The van der Waals surface area contributed by atoms with Gasteiger partial charge in [0.25, 0.3) is 0 Å². The number of nitrogens with zero attached hydrogens (tertiary/aromatic N) is 1. The molecule has 2 rings (SSSR count). The smallest absolute Gasteiger partial charge is 0.322 e.